The molecular weight excluding hydrogens is 222 g/mol. The van der Waals surface area contributed by atoms with Crippen LogP contribution in [0.4, 0.5) is 0 Å². The van der Waals surface area contributed by atoms with E-state index in [1.54, 1.807) is 0 Å². The van der Waals surface area contributed by atoms with E-state index in [1.807, 2.05) is 0 Å². The lowest BCUT2D eigenvalue weighted by Crippen LogP contribution is -2.50. The van der Waals surface area contributed by atoms with E-state index in [0.29, 0.717) is 0 Å². The van der Waals surface area contributed by atoms with E-state index < -0.39 is 27.3 Å². The Labute approximate surface area is 87.1 Å². The van der Waals surface area contributed by atoms with Gasteiger partial charge < -0.3 is 10.8 Å². The number of nitrogens with zero attached hydrogens (tertiary/aromatic N) is 2. The summed E-state index contributed by atoms with van der Waals surface area (Å²) < 4.78 is 23.7. The van der Waals surface area contributed by atoms with E-state index in [1.165, 1.54) is 6.07 Å². The lowest BCUT2D eigenvalue weighted by molar-refractivity contribution is -0.142. The minimum Gasteiger partial charge on any atom is -0.480 e. The molecule has 0 aromatic carbocycles. The Morgan fingerprint density at radius 1 is 1.67 bits per heavy atom. The zero-order chi connectivity index (χ0) is 11.7. The fourth-order valence-electron chi connectivity index (χ4n) is 1.38. The van der Waals surface area contributed by atoms with Gasteiger partial charge in [0, 0.05) is 13.1 Å². The second-order valence-electron chi connectivity index (χ2n) is 3.46. The molecule has 0 aromatic heterocycles. The average Bonchev–Trinajstić information content (AvgIpc) is 2.50. The van der Waals surface area contributed by atoms with E-state index in [9.17, 15) is 13.2 Å². The molecule has 0 aromatic rings. The van der Waals surface area contributed by atoms with Crippen molar-refractivity contribution in [3.63, 3.8) is 0 Å². The highest BCUT2D eigenvalue weighted by Crippen LogP contribution is 2.21. The summed E-state index contributed by atoms with van der Waals surface area (Å²) in [5.41, 5.74) is 3.97. The number of nitriles is 1. The predicted molar refractivity (Wildman–Crippen MR) is 50.1 cm³/mol. The lowest BCUT2D eigenvalue weighted by Gasteiger charge is -2.18. The summed E-state index contributed by atoms with van der Waals surface area (Å²) in [5, 5.41) is 17.1. The van der Waals surface area contributed by atoms with Gasteiger partial charge in [-0.2, -0.15) is 9.57 Å². The quantitative estimate of drug-likeness (QED) is 0.600. The molecule has 0 amide bonds. The average molecular weight is 233 g/mol. The molecule has 0 saturated carbocycles. The van der Waals surface area contributed by atoms with Gasteiger partial charge in [0.25, 0.3) is 0 Å². The van der Waals surface area contributed by atoms with Crippen molar-refractivity contribution in [3.8, 4) is 6.07 Å². The standard InChI is InChI=1S/C7H11N3O4S/c8-2-4-15(13,14)10-3-1-7(9,5-10)6(11)12/h1,3-5,9H2,(H,11,12). The van der Waals surface area contributed by atoms with Crippen LogP contribution in [-0.2, 0) is 14.8 Å². The number of nitrogens with two attached hydrogens (primary N) is 1. The van der Waals surface area contributed by atoms with Crippen LogP contribution in [0.2, 0.25) is 0 Å². The van der Waals surface area contributed by atoms with Crippen LogP contribution in [0, 0.1) is 11.3 Å². The molecule has 1 atom stereocenters. The van der Waals surface area contributed by atoms with Gasteiger partial charge in [-0.25, -0.2) is 8.42 Å². The van der Waals surface area contributed by atoms with Crippen molar-refractivity contribution >= 4 is 16.0 Å². The van der Waals surface area contributed by atoms with Gasteiger partial charge in [0.05, 0.1) is 6.07 Å². The monoisotopic (exact) mass is 233 g/mol. The second kappa shape index (κ2) is 3.77. The summed E-state index contributed by atoms with van der Waals surface area (Å²) in [7, 11) is -3.69. The molecule has 0 spiro atoms. The molecule has 3 N–H and O–H groups in total. The summed E-state index contributed by atoms with van der Waals surface area (Å²) in [6.45, 7) is -0.223. The molecule has 0 radical (unpaired) electrons. The Morgan fingerprint density at radius 2 is 2.27 bits per heavy atom. The van der Waals surface area contributed by atoms with Gasteiger partial charge in [0.15, 0.2) is 5.75 Å². The number of carboxylic acids is 1. The van der Waals surface area contributed by atoms with Gasteiger partial charge in [-0.15, -0.1) is 0 Å². The first-order chi connectivity index (χ1) is 6.82. The number of carboxylic acid groups (broad SMARTS) is 1. The third kappa shape index (κ3) is 2.26. The van der Waals surface area contributed by atoms with Crippen LogP contribution in [0.3, 0.4) is 0 Å². The van der Waals surface area contributed by atoms with Crippen molar-refractivity contribution in [1.82, 2.24) is 4.31 Å². The molecule has 1 fully saturated rings. The fourth-order valence-corrected chi connectivity index (χ4v) is 2.52. The normalized spacial score (nSPS) is 27.5. The van der Waals surface area contributed by atoms with Gasteiger partial charge in [-0.1, -0.05) is 0 Å². The highest BCUT2D eigenvalue weighted by atomic mass is 32.2. The molecule has 1 aliphatic rings. The molecule has 1 saturated heterocycles. The van der Waals surface area contributed by atoms with Crippen LogP contribution < -0.4 is 5.73 Å². The Balaban J connectivity index is 2.82. The highest BCUT2D eigenvalue weighted by Gasteiger charge is 2.45. The minimum absolute atomic E-state index is 0.0484. The smallest absolute Gasteiger partial charge is 0.325 e. The topological polar surface area (TPSA) is 124 Å². The Hall–Kier alpha value is -1.17. The van der Waals surface area contributed by atoms with Crippen LogP contribution in [0.5, 0.6) is 0 Å². The SMILES string of the molecule is N#CCS(=O)(=O)N1CCC(N)(C(=O)O)C1. The first-order valence-corrected chi connectivity index (χ1v) is 5.80. The number of rotatable bonds is 3. The van der Waals surface area contributed by atoms with Crippen LogP contribution in [0.25, 0.3) is 0 Å². The molecule has 1 rings (SSSR count). The van der Waals surface area contributed by atoms with E-state index >= 15 is 0 Å². The van der Waals surface area contributed by atoms with Gasteiger partial charge >= 0.3 is 5.97 Å². The van der Waals surface area contributed by atoms with Crippen molar-refractivity contribution in [1.29, 1.82) is 5.26 Å². The summed E-state index contributed by atoms with van der Waals surface area (Å²) in [4.78, 5) is 10.7. The van der Waals surface area contributed by atoms with E-state index in [0.717, 1.165) is 4.31 Å². The maximum Gasteiger partial charge on any atom is 0.325 e. The molecule has 0 aliphatic carbocycles. The zero-order valence-electron chi connectivity index (χ0n) is 7.88. The predicted octanol–water partition coefficient (Wildman–Crippen LogP) is -1.67. The Bertz CT molecular complexity index is 412. The van der Waals surface area contributed by atoms with Crippen LogP contribution in [0.15, 0.2) is 0 Å². The molecule has 0 bridgehead atoms. The summed E-state index contributed by atoms with van der Waals surface area (Å²) in [6.07, 6.45) is 0.0625. The highest BCUT2D eigenvalue weighted by molar-refractivity contribution is 7.89. The Kier molecular flexibility index (Phi) is 2.99. The van der Waals surface area contributed by atoms with Crippen LogP contribution in [-0.4, -0.2) is 48.2 Å². The molecule has 84 valence electrons. The molecule has 1 aliphatic heterocycles. The Morgan fingerprint density at radius 3 is 2.67 bits per heavy atom. The van der Waals surface area contributed by atoms with Crippen LogP contribution in [0.1, 0.15) is 6.42 Å². The fraction of sp³-hybridized carbons (Fsp3) is 0.714. The van der Waals surface area contributed by atoms with Crippen molar-refractivity contribution in [2.45, 2.75) is 12.0 Å². The van der Waals surface area contributed by atoms with Crippen molar-refractivity contribution < 1.29 is 18.3 Å². The molecule has 1 unspecified atom stereocenters. The summed E-state index contributed by atoms with van der Waals surface area (Å²) in [6, 6.07) is 1.52. The van der Waals surface area contributed by atoms with Crippen molar-refractivity contribution in [2.75, 3.05) is 18.8 Å². The first kappa shape index (κ1) is 11.9. The van der Waals surface area contributed by atoms with Gasteiger partial charge in [-0.3, -0.25) is 4.79 Å². The maximum absolute atomic E-state index is 11.4. The molecule has 8 heteroatoms. The molecule has 1 heterocycles. The van der Waals surface area contributed by atoms with Crippen LogP contribution >= 0.6 is 0 Å². The molecular formula is C7H11N3O4S. The third-order valence-corrected chi connectivity index (χ3v) is 3.92. The first-order valence-electron chi connectivity index (χ1n) is 4.19. The lowest BCUT2D eigenvalue weighted by atomic mass is 10.0. The molecule has 7 nitrogen and oxygen atoms in total. The zero-order valence-corrected chi connectivity index (χ0v) is 8.70. The van der Waals surface area contributed by atoms with E-state index in [-0.39, 0.29) is 19.5 Å². The van der Waals surface area contributed by atoms with Gasteiger partial charge in [0.1, 0.15) is 5.54 Å². The van der Waals surface area contributed by atoms with Crippen molar-refractivity contribution in [2.24, 2.45) is 5.73 Å². The second-order valence-corrected chi connectivity index (χ2v) is 5.43. The number of carbonyl (C=O) groups is 1. The largest absolute Gasteiger partial charge is 0.480 e. The number of hydrogen-bond donors (Lipinski definition) is 2. The molecule has 15 heavy (non-hydrogen) atoms. The van der Waals surface area contributed by atoms with Gasteiger partial charge in [0.2, 0.25) is 10.0 Å². The maximum atomic E-state index is 11.4. The third-order valence-electron chi connectivity index (χ3n) is 2.33. The number of hydrogen-bond acceptors (Lipinski definition) is 5. The number of sulfonamides is 1. The summed E-state index contributed by atoms with van der Waals surface area (Å²) >= 11 is 0. The van der Waals surface area contributed by atoms with Gasteiger partial charge in [-0.05, 0) is 6.42 Å². The number of aliphatic carboxylic acids is 1. The minimum atomic E-state index is -3.69. The summed E-state index contributed by atoms with van der Waals surface area (Å²) in [5.74, 6) is -1.87. The van der Waals surface area contributed by atoms with E-state index in [4.69, 9.17) is 16.1 Å². The van der Waals surface area contributed by atoms with E-state index in [2.05, 4.69) is 0 Å². The van der Waals surface area contributed by atoms with Crippen molar-refractivity contribution in [3.05, 3.63) is 0 Å².